The zero-order chi connectivity index (χ0) is 19.3. The molecule has 0 saturated carbocycles. The van der Waals surface area contributed by atoms with E-state index in [-0.39, 0.29) is 18.4 Å². The second-order valence-electron chi connectivity index (χ2n) is 7.88. The fraction of sp³-hybridized carbons (Fsp3) is 0.619. The van der Waals surface area contributed by atoms with E-state index < -0.39 is 0 Å². The largest absolute Gasteiger partial charge is 0.423 e. The minimum absolute atomic E-state index is 0.0718. The lowest BCUT2D eigenvalue weighted by Crippen LogP contribution is -2.51. The number of amides is 1. The van der Waals surface area contributed by atoms with Gasteiger partial charge in [0.1, 0.15) is 5.52 Å². The van der Waals surface area contributed by atoms with Gasteiger partial charge in [0, 0.05) is 38.8 Å². The first-order chi connectivity index (χ1) is 13.7. The maximum atomic E-state index is 12.4. The highest BCUT2D eigenvalue weighted by molar-refractivity contribution is 5.79. The van der Waals surface area contributed by atoms with Gasteiger partial charge < -0.3 is 19.7 Å². The van der Waals surface area contributed by atoms with Crippen molar-refractivity contribution in [3.05, 3.63) is 24.3 Å². The summed E-state index contributed by atoms with van der Waals surface area (Å²) in [5.74, 6) is 0.213. The van der Waals surface area contributed by atoms with E-state index in [1.54, 1.807) is 0 Å². The molecule has 0 spiro atoms. The molecule has 7 heteroatoms. The molecule has 2 aliphatic rings. The first-order valence-corrected chi connectivity index (χ1v) is 10.5. The van der Waals surface area contributed by atoms with Crippen LogP contribution in [0.15, 0.2) is 28.7 Å². The van der Waals surface area contributed by atoms with Gasteiger partial charge in [0.15, 0.2) is 5.58 Å². The van der Waals surface area contributed by atoms with E-state index in [9.17, 15) is 4.79 Å². The Kier molecular flexibility index (Phi) is 6.12. The second-order valence-corrected chi connectivity index (χ2v) is 7.88. The van der Waals surface area contributed by atoms with Crippen LogP contribution < -0.4 is 10.2 Å². The SMILES string of the molecule is O=C(NCCCO)[C@@H]1CCCN(C2CCN(c3nc4ccccc4o3)CC2)C1. The summed E-state index contributed by atoms with van der Waals surface area (Å²) in [6, 6.07) is 9.13. The fourth-order valence-corrected chi connectivity index (χ4v) is 4.40. The van der Waals surface area contributed by atoms with Crippen LogP contribution in [0.2, 0.25) is 0 Å². The number of piperidine rings is 2. The molecule has 2 N–H and O–H groups in total. The molecule has 0 radical (unpaired) electrons. The molecule has 3 heterocycles. The lowest BCUT2D eigenvalue weighted by atomic mass is 9.93. The maximum absolute atomic E-state index is 12.4. The van der Waals surface area contributed by atoms with Crippen LogP contribution in [0, 0.1) is 5.92 Å². The quantitative estimate of drug-likeness (QED) is 0.739. The van der Waals surface area contributed by atoms with Crippen molar-refractivity contribution in [2.75, 3.05) is 44.2 Å². The molecule has 2 fully saturated rings. The van der Waals surface area contributed by atoms with Crippen molar-refractivity contribution in [1.29, 1.82) is 0 Å². The summed E-state index contributed by atoms with van der Waals surface area (Å²) in [6.07, 6.45) is 4.79. The van der Waals surface area contributed by atoms with Crippen LogP contribution in [0.4, 0.5) is 6.01 Å². The normalized spacial score (nSPS) is 21.9. The summed E-state index contributed by atoms with van der Waals surface area (Å²) in [4.78, 5) is 21.7. The highest BCUT2D eigenvalue weighted by atomic mass is 16.4. The van der Waals surface area contributed by atoms with E-state index in [4.69, 9.17) is 9.52 Å². The Bertz CT molecular complexity index is 752. The number of nitrogens with zero attached hydrogens (tertiary/aromatic N) is 3. The third kappa shape index (κ3) is 4.31. The van der Waals surface area contributed by atoms with Gasteiger partial charge in [-0.05, 0) is 50.8 Å². The molecular formula is C21H30N4O3. The summed E-state index contributed by atoms with van der Waals surface area (Å²) < 4.78 is 5.91. The molecule has 0 aliphatic carbocycles. The topological polar surface area (TPSA) is 81.8 Å². The molecule has 2 saturated heterocycles. The first kappa shape index (κ1) is 19.2. The number of likely N-dealkylation sites (tertiary alicyclic amines) is 1. The van der Waals surface area contributed by atoms with Gasteiger partial charge in [0.2, 0.25) is 5.91 Å². The van der Waals surface area contributed by atoms with Crippen LogP contribution in [-0.2, 0) is 4.79 Å². The number of carbonyl (C=O) groups excluding carboxylic acids is 1. The minimum Gasteiger partial charge on any atom is -0.423 e. The number of aromatic nitrogens is 1. The van der Waals surface area contributed by atoms with Crippen LogP contribution in [-0.4, -0.2) is 66.3 Å². The Balaban J connectivity index is 1.30. The van der Waals surface area contributed by atoms with Gasteiger partial charge in [-0.2, -0.15) is 4.98 Å². The van der Waals surface area contributed by atoms with Crippen molar-refractivity contribution in [3.8, 4) is 0 Å². The van der Waals surface area contributed by atoms with Gasteiger partial charge in [-0.15, -0.1) is 0 Å². The Morgan fingerprint density at radius 1 is 1.21 bits per heavy atom. The Morgan fingerprint density at radius 2 is 2.04 bits per heavy atom. The van der Waals surface area contributed by atoms with Gasteiger partial charge in [-0.3, -0.25) is 9.69 Å². The molecule has 7 nitrogen and oxygen atoms in total. The molecule has 1 aromatic heterocycles. The fourth-order valence-electron chi connectivity index (χ4n) is 4.40. The van der Waals surface area contributed by atoms with Crippen LogP contribution in [0.25, 0.3) is 11.1 Å². The van der Waals surface area contributed by atoms with E-state index in [0.717, 1.165) is 69.0 Å². The van der Waals surface area contributed by atoms with Crippen molar-refractivity contribution in [2.24, 2.45) is 5.92 Å². The van der Waals surface area contributed by atoms with Crippen molar-refractivity contribution >= 4 is 23.0 Å². The molecule has 0 unspecified atom stereocenters. The van der Waals surface area contributed by atoms with E-state index in [0.29, 0.717) is 19.0 Å². The number of para-hydroxylation sites is 2. The molecule has 1 atom stereocenters. The molecule has 28 heavy (non-hydrogen) atoms. The molecule has 152 valence electrons. The molecule has 1 amide bonds. The predicted octanol–water partition coefficient (Wildman–Crippen LogP) is 2.01. The number of anilines is 1. The highest BCUT2D eigenvalue weighted by Gasteiger charge is 2.32. The van der Waals surface area contributed by atoms with Crippen LogP contribution in [0.3, 0.4) is 0 Å². The monoisotopic (exact) mass is 386 g/mol. The van der Waals surface area contributed by atoms with Gasteiger partial charge in [-0.25, -0.2) is 0 Å². The molecular weight excluding hydrogens is 356 g/mol. The molecule has 2 aliphatic heterocycles. The number of hydrogen-bond donors (Lipinski definition) is 2. The standard InChI is InChI=1S/C21H30N4O3/c26-14-4-10-22-20(27)16-5-3-11-25(15-16)17-8-12-24(13-9-17)21-23-18-6-1-2-7-19(18)28-21/h1-2,6-7,16-17,26H,3-5,8-15H2,(H,22,27)/t16-/m1/s1. The van der Waals surface area contributed by atoms with E-state index in [2.05, 4.69) is 20.1 Å². The number of oxazole rings is 1. The summed E-state index contributed by atoms with van der Waals surface area (Å²) in [7, 11) is 0. The minimum atomic E-state index is 0.0718. The van der Waals surface area contributed by atoms with Gasteiger partial charge in [0.05, 0.1) is 5.92 Å². The number of aliphatic hydroxyl groups is 1. The second kappa shape index (κ2) is 8.92. The lowest BCUT2D eigenvalue weighted by molar-refractivity contribution is -0.127. The summed E-state index contributed by atoms with van der Waals surface area (Å²) in [6.45, 7) is 4.47. The van der Waals surface area contributed by atoms with Crippen molar-refractivity contribution in [3.63, 3.8) is 0 Å². The number of benzene rings is 1. The van der Waals surface area contributed by atoms with Crippen molar-refractivity contribution < 1.29 is 14.3 Å². The molecule has 1 aromatic carbocycles. The third-order valence-electron chi connectivity index (χ3n) is 5.99. The Hall–Kier alpha value is -2.12. The number of hydrogen-bond acceptors (Lipinski definition) is 6. The number of carbonyl (C=O) groups is 1. The zero-order valence-corrected chi connectivity index (χ0v) is 16.3. The van der Waals surface area contributed by atoms with Crippen molar-refractivity contribution in [1.82, 2.24) is 15.2 Å². The lowest BCUT2D eigenvalue weighted by Gasteiger charge is -2.41. The van der Waals surface area contributed by atoms with Crippen LogP contribution in [0.1, 0.15) is 32.1 Å². The van der Waals surface area contributed by atoms with E-state index in [1.165, 1.54) is 0 Å². The number of rotatable bonds is 6. The van der Waals surface area contributed by atoms with Gasteiger partial charge >= 0.3 is 0 Å². The number of fused-ring (bicyclic) bond motifs is 1. The number of nitrogens with one attached hydrogen (secondary N) is 1. The predicted molar refractivity (Wildman–Crippen MR) is 108 cm³/mol. The van der Waals surface area contributed by atoms with E-state index >= 15 is 0 Å². The summed E-state index contributed by atoms with van der Waals surface area (Å²) in [5, 5.41) is 11.8. The smallest absolute Gasteiger partial charge is 0.298 e. The van der Waals surface area contributed by atoms with Gasteiger partial charge in [0.25, 0.3) is 6.01 Å². The maximum Gasteiger partial charge on any atom is 0.298 e. The van der Waals surface area contributed by atoms with Gasteiger partial charge in [-0.1, -0.05) is 12.1 Å². The van der Waals surface area contributed by atoms with E-state index in [1.807, 2.05) is 24.3 Å². The number of aliphatic hydroxyl groups excluding tert-OH is 1. The molecule has 0 bridgehead atoms. The van der Waals surface area contributed by atoms with Crippen LogP contribution >= 0.6 is 0 Å². The summed E-state index contributed by atoms with van der Waals surface area (Å²) in [5.41, 5.74) is 1.75. The first-order valence-electron chi connectivity index (χ1n) is 10.5. The molecule has 4 rings (SSSR count). The Morgan fingerprint density at radius 3 is 2.82 bits per heavy atom. The average Bonchev–Trinajstić information content (AvgIpc) is 3.18. The third-order valence-corrected chi connectivity index (χ3v) is 5.99. The summed E-state index contributed by atoms with van der Waals surface area (Å²) >= 11 is 0. The highest BCUT2D eigenvalue weighted by Crippen LogP contribution is 2.28. The molecule has 2 aromatic rings. The average molecular weight is 386 g/mol. The zero-order valence-electron chi connectivity index (χ0n) is 16.3. The Labute approximate surface area is 165 Å². The van der Waals surface area contributed by atoms with Crippen LogP contribution in [0.5, 0.6) is 0 Å². The van der Waals surface area contributed by atoms with Crippen molar-refractivity contribution in [2.45, 2.75) is 38.1 Å².